The lowest BCUT2D eigenvalue weighted by molar-refractivity contribution is -0.129. The lowest BCUT2D eigenvalue weighted by atomic mass is 9.77. The number of hydrogen-bond acceptors (Lipinski definition) is 8. The quantitative estimate of drug-likeness (QED) is 0.218. The van der Waals surface area contributed by atoms with Crippen molar-refractivity contribution in [3.8, 4) is 11.1 Å². The fraction of sp³-hybridized carbons (Fsp3) is 0.417. The summed E-state index contributed by atoms with van der Waals surface area (Å²) in [5.74, 6) is 0.0734. The Balaban J connectivity index is 1.23. The zero-order valence-corrected chi connectivity index (χ0v) is 27.8. The number of ether oxygens (including phenoxy) is 1. The summed E-state index contributed by atoms with van der Waals surface area (Å²) in [6.07, 6.45) is 6.63. The predicted octanol–water partition coefficient (Wildman–Crippen LogP) is 7.66. The van der Waals surface area contributed by atoms with Crippen LogP contribution in [0.15, 0.2) is 82.2 Å². The number of amidine groups is 1. The number of aliphatic imine (C=N–C) groups is 1. The van der Waals surface area contributed by atoms with Gasteiger partial charge in [-0.3, -0.25) is 14.6 Å². The first-order chi connectivity index (χ1) is 22.5. The molecule has 2 aromatic carbocycles. The average molecular weight is 657 g/mol. The van der Waals surface area contributed by atoms with E-state index in [9.17, 15) is 14.4 Å². The molecular formula is C36H41ClN6O4. The molecule has 0 radical (unpaired) electrons. The molecule has 10 nitrogen and oxygen atoms in total. The highest BCUT2D eigenvalue weighted by atomic mass is 35.5. The molecule has 0 unspecified atom stereocenters. The van der Waals surface area contributed by atoms with E-state index in [1.807, 2.05) is 69.3 Å². The van der Waals surface area contributed by atoms with Crippen molar-refractivity contribution in [1.29, 1.82) is 0 Å². The van der Waals surface area contributed by atoms with Crippen LogP contribution in [0.1, 0.15) is 64.0 Å². The van der Waals surface area contributed by atoms with E-state index < -0.39 is 17.6 Å². The van der Waals surface area contributed by atoms with Gasteiger partial charge in [-0.1, -0.05) is 35.9 Å². The minimum Gasteiger partial charge on any atom is -0.444 e. The number of carbonyl (C=O) groups excluding carboxylic acids is 3. The van der Waals surface area contributed by atoms with Gasteiger partial charge in [0, 0.05) is 54.0 Å². The Hall–Kier alpha value is -4.44. The molecule has 2 heterocycles. The van der Waals surface area contributed by atoms with Crippen molar-refractivity contribution in [1.82, 2.24) is 10.3 Å². The molecule has 2 N–H and O–H groups in total. The molecule has 1 aliphatic carbocycles. The average Bonchev–Trinajstić information content (AvgIpc) is 3.59. The summed E-state index contributed by atoms with van der Waals surface area (Å²) in [5.41, 5.74) is 3.60. The molecule has 1 saturated carbocycles. The first-order valence-electron chi connectivity index (χ1n) is 16.1. The SMILES string of the molecule is CC(C)(C)OC(=O)NCC1CCC(C(=O)C[C@@H](Cc2ccc(-c3cnccc3Cl)cc2)C(=O)Nc2ccc(C3=NCN=N3)cc2)CC1. The van der Waals surface area contributed by atoms with E-state index >= 15 is 0 Å². The second-order valence-electron chi connectivity index (χ2n) is 13.2. The summed E-state index contributed by atoms with van der Waals surface area (Å²) in [5, 5.41) is 14.4. The Kier molecular flexibility index (Phi) is 11.1. The van der Waals surface area contributed by atoms with E-state index in [1.165, 1.54) is 0 Å². The Morgan fingerprint density at radius 2 is 1.66 bits per heavy atom. The van der Waals surface area contributed by atoms with Gasteiger partial charge in [-0.25, -0.2) is 9.79 Å². The summed E-state index contributed by atoms with van der Waals surface area (Å²) in [6, 6.07) is 16.9. The van der Waals surface area contributed by atoms with Crippen molar-refractivity contribution in [3.63, 3.8) is 0 Å². The number of anilines is 1. The van der Waals surface area contributed by atoms with Gasteiger partial charge in [-0.05, 0) is 100 Å². The topological polar surface area (TPSA) is 134 Å². The van der Waals surface area contributed by atoms with E-state index in [-0.39, 0.29) is 29.9 Å². The van der Waals surface area contributed by atoms with Crippen LogP contribution < -0.4 is 10.6 Å². The number of aromatic nitrogens is 1. The molecule has 0 spiro atoms. The highest BCUT2D eigenvalue weighted by Crippen LogP contribution is 2.32. The van der Waals surface area contributed by atoms with Gasteiger partial charge in [0.1, 0.15) is 11.4 Å². The largest absolute Gasteiger partial charge is 0.444 e. The standard InChI is InChI=1S/C36H41ClN6O4/c1-36(2,3)47-35(46)39-20-24-6-10-26(11-7-24)32(44)19-28(18-23-4-8-25(9-5-23)30-21-38-17-16-31(30)37)34(45)42-29-14-12-27(13-15-29)33-40-22-41-43-33/h4-5,8-9,12-17,21,24,26,28H,6-7,10-11,18-20,22H2,1-3H3,(H,39,46)(H,42,45)/t24?,26?,28-/m1/s1. The van der Waals surface area contributed by atoms with Gasteiger partial charge in [-0.2, -0.15) is 5.11 Å². The zero-order chi connectivity index (χ0) is 33.4. The van der Waals surface area contributed by atoms with Crippen molar-refractivity contribution in [2.75, 3.05) is 18.5 Å². The number of carbonyl (C=O) groups is 3. The van der Waals surface area contributed by atoms with Gasteiger partial charge in [0.15, 0.2) is 12.5 Å². The number of ketones is 1. The molecule has 0 bridgehead atoms. The maximum absolute atomic E-state index is 13.7. The predicted molar refractivity (Wildman–Crippen MR) is 183 cm³/mol. The van der Waals surface area contributed by atoms with Crippen molar-refractivity contribution in [3.05, 3.63) is 83.1 Å². The number of pyridine rings is 1. The summed E-state index contributed by atoms with van der Waals surface area (Å²) < 4.78 is 5.34. The number of nitrogens with one attached hydrogen (secondary N) is 2. The molecule has 0 saturated heterocycles. The van der Waals surface area contributed by atoms with Crippen LogP contribution in [0.4, 0.5) is 10.5 Å². The fourth-order valence-electron chi connectivity index (χ4n) is 5.92. The number of rotatable bonds is 11. The Morgan fingerprint density at radius 1 is 0.957 bits per heavy atom. The minimum absolute atomic E-state index is 0.0995. The highest BCUT2D eigenvalue weighted by Gasteiger charge is 2.31. The summed E-state index contributed by atoms with van der Waals surface area (Å²) in [7, 11) is 0. The summed E-state index contributed by atoms with van der Waals surface area (Å²) in [4.78, 5) is 47.8. The monoisotopic (exact) mass is 656 g/mol. The van der Waals surface area contributed by atoms with E-state index in [4.69, 9.17) is 16.3 Å². The Morgan fingerprint density at radius 3 is 2.30 bits per heavy atom. The highest BCUT2D eigenvalue weighted by molar-refractivity contribution is 6.33. The van der Waals surface area contributed by atoms with E-state index in [1.54, 1.807) is 18.5 Å². The Bertz CT molecular complexity index is 1620. The molecular weight excluding hydrogens is 616 g/mol. The maximum Gasteiger partial charge on any atom is 0.407 e. The van der Waals surface area contributed by atoms with E-state index in [0.717, 1.165) is 47.9 Å². The van der Waals surface area contributed by atoms with Gasteiger partial charge >= 0.3 is 6.09 Å². The molecule has 246 valence electrons. The van der Waals surface area contributed by atoms with Crippen LogP contribution in [0.25, 0.3) is 11.1 Å². The van der Waals surface area contributed by atoms with Gasteiger partial charge in [0.25, 0.3) is 0 Å². The van der Waals surface area contributed by atoms with Crippen LogP contribution in [0.3, 0.4) is 0 Å². The van der Waals surface area contributed by atoms with Gasteiger partial charge in [0.05, 0.1) is 5.02 Å². The zero-order valence-electron chi connectivity index (χ0n) is 27.0. The van der Waals surface area contributed by atoms with Crippen LogP contribution in [0, 0.1) is 17.8 Å². The van der Waals surface area contributed by atoms with Crippen LogP contribution >= 0.6 is 11.6 Å². The van der Waals surface area contributed by atoms with E-state index in [2.05, 4.69) is 30.8 Å². The fourth-order valence-corrected chi connectivity index (χ4v) is 6.13. The molecule has 11 heteroatoms. The number of alkyl carbamates (subject to hydrolysis) is 1. The van der Waals surface area contributed by atoms with Crippen LogP contribution in [0.2, 0.25) is 5.02 Å². The summed E-state index contributed by atoms with van der Waals surface area (Å²) >= 11 is 6.37. The first kappa shape index (κ1) is 33.9. The molecule has 1 aromatic heterocycles. The van der Waals surface area contributed by atoms with Gasteiger partial charge < -0.3 is 15.4 Å². The normalized spacial score (nSPS) is 18.3. The van der Waals surface area contributed by atoms with Crippen molar-refractivity contribution in [2.45, 2.75) is 64.9 Å². The molecule has 5 rings (SSSR count). The lowest BCUT2D eigenvalue weighted by Crippen LogP contribution is -2.37. The number of hydrogen-bond donors (Lipinski definition) is 2. The minimum atomic E-state index is -0.561. The molecule has 3 aromatic rings. The second-order valence-corrected chi connectivity index (χ2v) is 13.6. The number of Topliss-reactive ketones (excluding diaryl/α,β-unsaturated/α-hetero) is 1. The molecule has 47 heavy (non-hydrogen) atoms. The molecule has 2 amide bonds. The number of halogens is 1. The van der Waals surface area contributed by atoms with E-state index in [0.29, 0.717) is 36.2 Å². The lowest BCUT2D eigenvalue weighted by Gasteiger charge is -2.29. The number of amides is 2. The molecule has 1 fully saturated rings. The third-order valence-electron chi connectivity index (χ3n) is 8.43. The van der Waals surface area contributed by atoms with Crippen LogP contribution in [-0.2, 0) is 20.7 Å². The molecule has 1 atom stereocenters. The third kappa shape index (κ3) is 9.78. The summed E-state index contributed by atoms with van der Waals surface area (Å²) in [6.45, 7) is 6.35. The molecule has 2 aliphatic rings. The smallest absolute Gasteiger partial charge is 0.407 e. The second kappa shape index (κ2) is 15.4. The maximum atomic E-state index is 13.7. The number of nitrogens with zero attached hydrogens (tertiary/aromatic N) is 4. The van der Waals surface area contributed by atoms with Gasteiger partial charge in [-0.15, -0.1) is 5.11 Å². The third-order valence-corrected chi connectivity index (χ3v) is 8.76. The Labute approximate surface area is 280 Å². The van der Waals surface area contributed by atoms with Crippen molar-refractivity contribution in [2.24, 2.45) is 33.0 Å². The molecule has 1 aliphatic heterocycles. The van der Waals surface area contributed by atoms with Gasteiger partial charge in [0.2, 0.25) is 5.91 Å². The van der Waals surface area contributed by atoms with Crippen molar-refractivity contribution < 1.29 is 19.1 Å². The van der Waals surface area contributed by atoms with Crippen LogP contribution in [-0.4, -0.2) is 47.4 Å². The van der Waals surface area contributed by atoms with Crippen LogP contribution in [0.5, 0.6) is 0 Å². The number of benzene rings is 2. The number of azo groups is 1. The first-order valence-corrected chi connectivity index (χ1v) is 16.4. The van der Waals surface area contributed by atoms with Crippen molar-refractivity contribution >= 4 is 40.9 Å².